The first-order chi connectivity index (χ1) is 9.19. The van der Waals surface area contributed by atoms with E-state index in [0.29, 0.717) is 0 Å². The van der Waals surface area contributed by atoms with E-state index in [0.717, 1.165) is 42.9 Å². The van der Waals surface area contributed by atoms with Crippen molar-refractivity contribution >= 4 is 17.4 Å². The summed E-state index contributed by atoms with van der Waals surface area (Å²) in [4.78, 5) is 0. The van der Waals surface area contributed by atoms with Gasteiger partial charge in [-0.3, -0.25) is 0 Å². The molecule has 2 aliphatic rings. The summed E-state index contributed by atoms with van der Waals surface area (Å²) in [5.41, 5.74) is 7.48. The van der Waals surface area contributed by atoms with Crippen molar-refractivity contribution in [3.63, 3.8) is 0 Å². The third-order valence-electron chi connectivity index (χ3n) is 4.30. The Morgan fingerprint density at radius 1 is 1.47 bits per heavy atom. The van der Waals surface area contributed by atoms with Gasteiger partial charge in [-0.15, -0.1) is 0 Å². The van der Waals surface area contributed by atoms with Crippen LogP contribution in [0.2, 0.25) is 0 Å². The summed E-state index contributed by atoms with van der Waals surface area (Å²) in [6.07, 6.45) is 2.60. The molecule has 2 fully saturated rings. The summed E-state index contributed by atoms with van der Waals surface area (Å²) < 4.78 is 6.01. The Hall–Kier alpha value is -0.710. The Bertz CT molecular complexity index is 446. The zero-order valence-corrected chi connectivity index (χ0v) is 11.9. The van der Waals surface area contributed by atoms with E-state index in [1.54, 1.807) is 0 Å². The van der Waals surface area contributed by atoms with E-state index < -0.39 is 6.10 Å². The van der Waals surface area contributed by atoms with E-state index in [1.807, 2.05) is 36.0 Å². The van der Waals surface area contributed by atoms with Gasteiger partial charge in [-0.1, -0.05) is 12.1 Å². The molecular formula is C15H21NO2S. The maximum atomic E-state index is 10.6. The van der Waals surface area contributed by atoms with Crippen molar-refractivity contribution < 1.29 is 9.84 Å². The molecular weight excluding hydrogens is 258 g/mol. The van der Waals surface area contributed by atoms with Crippen molar-refractivity contribution in [2.45, 2.75) is 31.0 Å². The van der Waals surface area contributed by atoms with Gasteiger partial charge in [0.05, 0.1) is 11.7 Å². The largest absolute Gasteiger partial charge is 0.399 e. The molecule has 104 valence electrons. The minimum absolute atomic E-state index is 0.0227. The van der Waals surface area contributed by atoms with E-state index >= 15 is 0 Å². The molecule has 0 amide bonds. The van der Waals surface area contributed by atoms with Crippen molar-refractivity contribution in [3.05, 3.63) is 29.8 Å². The molecule has 0 saturated carbocycles. The van der Waals surface area contributed by atoms with Crippen molar-refractivity contribution in [2.24, 2.45) is 5.92 Å². The molecule has 3 rings (SSSR count). The number of aliphatic hydroxyl groups is 1. The number of thioether (sulfide) groups is 1. The summed E-state index contributed by atoms with van der Waals surface area (Å²) in [5.74, 6) is 2.54. The Balaban J connectivity index is 1.74. The van der Waals surface area contributed by atoms with Gasteiger partial charge in [0.25, 0.3) is 0 Å². The molecule has 0 aliphatic carbocycles. The van der Waals surface area contributed by atoms with Crippen LogP contribution in [0.5, 0.6) is 0 Å². The van der Waals surface area contributed by atoms with Crippen LogP contribution in [0.1, 0.15) is 30.9 Å². The topological polar surface area (TPSA) is 55.5 Å². The third kappa shape index (κ3) is 2.76. The maximum Gasteiger partial charge on any atom is 0.0820 e. The quantitative estimate of drug-likeness (QED) is 0.817. The van der Waals surface area contributed by atoms with Gasteiger partial charge in [-0.25, -0.2) is 0 Å². The number of aliphatic hydroxyl groups excluding tert-OH is 1. The smallest absolute Gasteiger partial charge is 0.0820 e. The van der Waals surface area contributed by atoms with Crippen LogP contribution in [0.4, 0.5) is 5.69 Å². The summed E-state index contributed by atoms with van der Waals surface area (Å²) in [6.45, 7) is 0.768. The van der Waals surface area contributed by atoms with Gasteiger partial charge < -0.3 is 15.6 Å². The van der Waals surface area contributed by atoms with Crippen LogP contribution in [0.15, 0.2) is 24.3 Å². The average molecular weight is 279 g/mol. The number of nitrogen functional groups attached to an aromatic ring is 1. The lowest BCUT2D eigenvalue weighted by Crippen LogP contribution is -2.41. The average Bonchev–Trinajstić information content (AvgIpc) is 2.86. The summed E-state index contributed by atoms with van der Waals surface area (Å²) >= 11 is 1.96. The van der Waals surface area contributed by atoms with E-state index in [-0.39, 0.29) is 11.5 Å². The highest BCUT2D eigenvalue weighted by Crippen LogP contribution is 2.44. The Labute approximate surface area is 118 Å². The van der Waals surface area contributed by atoms with Crippen LogP contribution in [0.25, 0.3) is 0 Å². The van der Waals surface area contributed by atoms with Gasteiger partial charge in [0.2, 0.25) is 0 Å². The summed E-state index contributed by atoms with van der Waals surface area (Å²) in [7, 11) is 0. The van der Waals surface area contributed by atoms with Crippen molar-refractivity contribution in [2.75, 3.05) is 23.8 Å². The highest BCUT2D eigenvalue weighted by Gasteiger charge is 2.42. The highest BCUT2D eigenvalue weighted by atomic mass is 32.2. The van der Waals surface area contributed by atoms with Crippen molar-refractivity contribution in [1.82, 2.24) is 0 Å². The van der Waals surface area contributed by atoms with E-state index in [4.69, 9.17) is 10.5 Å². The number of nitrogens with two attached hydrogens (primary N) is 1. The molecule has 4 heteroatoms. The monoisotopic (exact) mass is 279 g/mol. The molecule has 3 unspecified atom stereocenters. The van der Waals surface area contributed by atoms with E-state index in [9.17, 15) is 5.11 Å². The number of hydrogen-bond acceptors (Lipinski definition) is 4. The molecule has 0 aromatic heterocycles. The molecule has 3 nitrogen and oxygen atoms in total. The predicted molar refractivity (Wildman–Crippen MR) is 79.2 cm³/mol. The molecule has 1 aromatic carbocycles. The predicted octanol–water partition coefficient (Wildman–Crippen LogP) is 2.60. The van der Waals surface area contributed by atoms with Gasteiger partial charge in [0.15, 0.2) is 0 Å². The van der Waals surface area contributed by atoms with Gasteiger partial charge >= 0.3 is 0 Å². The zero-order chi connectivity index (χ0) is 13.3. The first-order valence-electron chi connectivity index (χ1n) is 6.94. The molecule has 2 aliphatic heterocycles. The second kappa shape index (κ2) is 5.35. The molecule has 1 aromatic rings. The molecule has 1 spiro atoms. The van der Waals surface area contributed by atoms with E-state index in [2.05, 4.69) is 0 Å². The Kier molecular flexibility index (Phi) is 3.74. The number of benzene rings is 1. The minimum Gasteiger partial charge on any atom is -0.399 e. The molecule has 2 saturated heterocycles. The van der Waals surface area contributed by atoms with Crippen LogP contribution >= 0.6 is 11.8 Å². The fourth-order valence-corrected chi connectivity index (χ4v) is 4.59. The summed E-state index contributed by atoms with van der Waals surface area (Å²) in [5, 5.41) is 10.6. The second-order valence-electron chi connectivity index (χ2n) is 5.70. The zero-order valence-electron chi connectivity index (χ0n) is 11.0. The second-order valence-corrected chi connectivity index (χ2v) is 6.81. The standard InChI is InChI=1S/C15H21NO2S/c16-13-3-1-2-11(8-13)14(17)12-4-6-18-15(9-12)5-7-19-10-15/h1-3,8,12,14,17H,4-7,9-10,16H2. The van der Waals surface area contributed by atoms with Crippen molar-refractivity contribution in [3.8, 4) is 0 Å². The lowest BCUT2D eigenvalue weighted by Gasteiger charge is -2.39. The fourth-order valence-electron chi connectivity index (χ4n) is 3.21. The SMILES string of the molecule is Nc1cccc(C(O)C2CCOC3(CCSC3)C2)c1. The van der Waals surface area contributed by atoms with Gasteiger partial charge in [-0.2, -0.15) is 11.8 Å². The van der Waals surface area contributed by atoms with E-state index in [1.165, 1.54) is 5.75 Å². The number of hydrogen-bond donors (Lipinski definition) is 2. The van der Waals surface area contributed by atoms with Crippen LogP contribution in [-0.4, -0.2) is 28.8 Å². The van der Waals surface area contributed by atoms with Crippen molar-refractivity contribution in [1.29, 1.82) is 0 Å². The van der Waals surface area contributed by atoms with Crippen LogP contribution in [-0.2, 0) is 4.74 Å². The lowest BCUT2D eigenvalue weighted by molar-refractivity contribution is -0.102. The molecule has 0 radical (unpaired) electrons. The number of rotatable bonds is 2. The highest BCUT2D eigenvalue weighted by molar-refractivity contribution is 7.99. The first-order valence-corrected chi connectivity index (χ1v) is 8.09. The molecule has 0 bridgehead atoms. The van der Waals surface area contributed by atoms with Crippen LogP contribution in [0.3, 0.4) is 0 Å². The van der Waals surface area contributed by atoms with Gasteiger partial charge in [0.1, 0.15) is 0 Å². The minimum atomic E-state index is -0.421. The molecule has 3 atom stereocenters. The lowest BCUT2D eigenvalue weighted by atomic mass is 9.80. The number of ether oxygens (including phenoxy) is 1. The molecule has 3 N–H and O–H groups in total. The first kappa shape index (κ1) is 13.3. The Morgan fingerprint density at radius 3 is 3.11 bits per heavy atom. The Morgan fingerprint density at radius 2 is 2.37 bits per heavy atom. The van der Waals surface area contributed by atoms with Gasteiger partial charge in [-0.05, 0) is 48.6 Å². The molecule has 19 heavy (non-hydrogen) atoms. The third-order valence-corrected chi connectivity index (χ3v) is 5.52. The summed E-state index contributed by atoms with van der Waals surface area (Å²) in [6, 6.07) is 7.62. The molecule has 2 heterocycles. The normalized spacial score (nSPS) is 32.6. The van der Waals surface area contributed by atoms with Crippen LogP contribution in [0, 0.1) is 5.92 Å². The maximum absolute atomic E-state index is 10.6. The fraction of sp³-hybridized carbons (Fsp3) is 0.600. The van der Waals surface area contributed by atoms with Gasteiger partial charge in [0, 0.05) is 18.0 Å². The number of anilines is 1. The van der Waals surface area contributed by atoms with Crippen LogP contribution < -0.4 is 5.73 Å².